The highest BCUT2D eigenvalue weighted by molar-refractivity contribution is 7.98. The maximum Gasteiger partial charge on any atom is 0.417 e. The summed E-state index contributed by atoms with van der Waals surface area (Å²) in [4.78, 5) is 24.2. The van der Waals surface area contributed by atoms with Crippen LogP contribution in [-0.4, -0.2) is 53.0 Å². The normalized spacial score (nSPS) is 15.3. The van der Waals surface area contributed by atoms with Crippen molar-refractivity contribution >= 4 is 23.4 Å². The zero-order valence-corrected chi connectivity index (χ0v) is 20.5. The number of nitrogens with one attached hydrogen (secondary N) is 1. The fourth-order valence-corrected chi connectivity index (χ4v) is 4.58. The highest BCUT2D eigenvalue weighted by atomic mass is 35.5. The van der Waals surface area contributed by atoms with Crippen LogP contribution in [0.2, 0.25) is 5.02 Å². The lowest BCUT2D eigenvalue weighted by molar-refractivity contribution is -0.137. The van der Waals surface area contributed by atoms with Crippen molar-refractivity contribution in [3.8, 4) is 11.5 Å². The number of rotatable bonds is 7. The third-order valence-corrected chi connectivity index (χ3v) is 6.91. The average molecular weight is 525 g/mol. The first-order valence-corrected chi connectivity index (χ1v) is 12.3. The number of alkyl halides is 3. The third-order valence-electron chi connectivity index (χ3n) is 5.62. The Hall–Kier alpha value is -2.53. The van der Waals surface area contributed by atoms with Gasteiger partial charge in [-0.25, -0.2) is 0 Å². The number of nitrogens with zero attached hydrogens (tertiary/aromatic N) is 3. The molecule has 0 amide bonds. The number of halogens is 4. The van der Waals surface area contributed by atoms with Crippen molar-refractivity contribution in [1.29, 1.82) is 0 Å². The molecule has 6 nitrogen and oxygen atoms in total. The monoisotopic (exact) mass is 524 g/mol. The number of piperazine rings is 1. The molecule has 1 N–H and O–H groups in total. The van der Waals surface area contributed by atoms with Crippen molar-refractivity contribution in [3.63, 3.8) is 0 Å². The topological polar surface area (TPSA) is 61.5 Å². The molecule has 1 fully saturated rings. The Labute approximate surface area is 210 Å². The van der Waals surface area contributed by atoms with Crippen molar-refractivity contribution in [2.75, 3.05) is 33.2 Å². The van der Waals surface area contributed by atoms with Crippen LogP contribution in [0.5, 0.6) is 11.5 Å². The second-order valence-corrected chi connectivity index (χ2v) is 9.66. The van der Waals surface area contributed by atoms with E-state index in [0.717, 1.165) is 43.9 Å². The molecule has 0 aliphatic carbocycles. The molecule has 1 aliphatic rings. The summed E-state index contributed by atoms with van der Waals surface area (Å²) in [5, 5.41) is 0.148. The van der Waals surface area contributed by atoms with E-state index < -0.39 is 11.7 Å². The van der Waals surface area contributed by atoms with Crippen molar-refractivity contribution in [2.45, 2.75) is 23.6 Å². The molecule has 0 bridgehead atoms. The molecule has 0 radical (unpaired) electrons. The SMILES string of the molecule is CN1CCN(Cc2c[nH]c(SCc3ccc(Oc4ccc(Cl)c(C(F)(F)F)c4)cc3)nc2=O)CC1. The molecule has 2 heterocycles. The minimum Gasteiger partial charge on any atom is -0.457 e. The van der Waals surface area contributed by atoms with E-state index in [2.05, 4.69) is 26.8 Å². The van der Waals surface area contributed by atoms with Crippen molar-refractivity contribution in [3.05, 3.63) is 80.7 Å². The Morgan fingerprint density at radius 1 is 1.09 bits per heavy atom. The van der Waals surface area contributed by atoms with Gasteiger partial charge in [0.25, 0.3) is 5.56 Å². The van der Waals surface area contributed by atoms with Crippen molar-refractivity contribution in [2.24, 2.45) is 0 Å². The second-order valence-electron chi connectivity index (χ2n) is 8.29. The smallest absolute Gasteiger partial charge is 0.417 e. The van der Waals surface area contributed by atoms with Gasteiger partial charge in [-0.2, -0.15) is 18.2 Å². The first kappa shape index (κ1) is 25.6. The first-order valence-electron chi connectivity index (χ1n) is 10.9. The highest BCUT2D eigenvalue weighted by Crippen LogP contribution is 2.37. The van der Waals surface area contributed by atoms with Gasteiger partial charge in [0.15, 0.2) is 5.16 Å². The molecule has 0 unspecified atom stereocenters. The summed E-state index contributed by atoms with van der Waals surface area (Å²) in [5.74, 6) is 0.997. The van der Waals surface area contributed by atoms with E-state index >= 15 is 0 Å². The predicted molar refractivity (Wildman–Crippen MR) is 130 cm³/mol. The van der Waals surface area contributed by atoms with Crippen LogP contribution in [0.1, 0.15) is 16.7 Å². The zero-order valence-electron chi connectivity index (χ0n) is 18.9. The highest BCUT2D eigenvalue weighted by Gasteiger charge is 2.33. The molecule has 3 aromatic rings. The molecule has 1 aliphatic heterocycles. The minimum absolute atomic E-state index is 0.0438. The Balaban J connectivity index is 1.32. The first-order chi connectivity index (χ1) is 16.7. The van der Waals surface area contributed by atoms with Crippen LogP contribution in [0.4, 0.5) is 13.2 Å². The molecule has 186 valence electrons. The summed E-state index contributed by atoms with van der Waals surface area (Å²) >= 11 is 7.04. The molecule has 2 aromatic carbocycles. The molecule has 0 atom stereocenters. The molecule has 0 saturated carbocycles. The van der Waals surface area contributed by atoms with Crippen molar-refractivity contribution in [1.82, 2.24) is 19.8 Å². The number of thioether (sulfide) groups is 1. The van der Waals surface area contributed by atoms with Crippen LogP contribution in [0.25, 0.3) is 0 Å². The summed E-state index contributed by atoms with van der Waals surface area (Å²) in [6.07, 6.45) is -2.83. The van der Waals surface area contributed by atoms with Crippen LogP contribution >= 0.6 is 23.4 Å². The summed E-state index contributed by atoms with van der Waals surface area (Å²) in [6.45, 7) is 4.40. The zero-order chi connectivity index (χ0) is 25.0. The van der Waals surface area contributed by atoms with Crippen LogP contribution in [0.15, 0.2) is 58.6 Å². The third kappa shape index (κ3) is 7.00. The lowest BCUT2D eigenvalue weighted by atomic mass is 10.2. The van der Waals surface area contributed by atoms with Gasteiger partial charge in [-0.05, 0) is 42.9 Å². The Bertz CT molecular complexity index is 1210. The van der Waals surface area contributed by atoms with Gasteiger partial charge in [-0.1, -0.05) is 35.5 Å². The lowest BCUT2D eigenvalue weighted by Crippen LogP contribution is -2.44. The minimum atomic E-state index is -4.56. The van der Waals surface area contributed by atoms with Gasteiger partial charge in [0, 0.05) is 50.2 Å². The summed E-state index contributed by atoms with van der Waals surface area (Å²) in [5.41, 5.74) is 0.422. The second kappa shape index (κ2) is 11.0. The molecule has 0 spiro atoms. The average Bonchev–Trinajstić information content (AvgIpc) is 2.82. The Kier molecular flexibility index (Phi) is 8.05. The summed E-state index contributed by atoms with van der Waals surface area (Å²) < 4.78 is 44.7. The van der Waals surface area contributed by atoms with Gasteiger partial charge in [0.2, 0.25) is 0 Å². The maximum atomic E-state index is 13.0. The largest absolute Gasteiger partial charge is 0.457 e. The van der Waals surface area contributed by atoms with E-state index in [1.807, 2.05) is 12.1 Å². The van der Waals surface area contributed by atoms with Gasteiger partial charge in [-0.3, -0.25) is 9.69 Å². The number of H-pyrrole nitrogens is 1. The van der Waals surface area contributed by atoms with Gasteiger partial charge >= 0.3 is 6.18 Å². The quantitative estimate of drug-likeness (QED) is 0.335. The van der Waals surface area contributed by atoms with Gasteiger partial charge in [0.05, 0.1) is 10.6 Å². The van der Waals surface area contributed by atoms with Gasteiger partial charge < -0.3 is 14.6 Å². The van der Waals surface area contributed by atoms with E-state index in [0.29, 0.717) is 28.8 Å². The molecule has 4 rings (SSSR count). The molecule has 35 heavy (non-hydrogen) atoms. The van der Waals surface area contributed by atoms with E-state index in [9.17, 15) is 18.0 Å². The van der Waals surface area contributed by atoms with Crippen LogP contribution in [0, 0.1) is 0 Å². The summed E-state index contributed by atoms with van der Waals surface area (Å²) in [6, 6.07) is 10.4. The van der Waals surface area contributed by atoms with Gasteiger partial charge in [-0.15, -0.1) is 0 Å². The van der Waals surface area contributed by atoms with E-state index in [4.69, 9.17) is 16.3 Å². The molecule has 1 saturated heterocycles. The Morgan fingerprint density at radius 2 is 1.77 bits per heavy atom. The van der Waals surface area contributed by atoms with Crippen LogP contribution < -0.4 is 10.3 Å². The number of hydrogen-bond acceptors (Lipinski definition) is 6. The molecule has 11 heteroatoms. The summed E-state index contributed by atoms with van der Waals surface area (Å²) in [7, 11) is 2.09. The molecular weight excluding hydrogens is 501 g/mol. The Morgan fingerprint density at radius 3 is 2.43 bits per heavy atom. The predicted octanol–water partition coefficient (Wildman–Crippen LogP) is 5.27. The number of ether oxygens (including phenoxy) is 1. The number of aromatic nitrogens is 2. The number of hydrogen-bond donors (Lipinski definition) is 1. The van der Waals surface area contributed by atoms with E-state index in [1.165, 1.54) is 17.8 Å². The van der Waals surface area contributed by atoms with E-state index in [1.54, 1.807) is 18.3 Å². The van der Waals surface area contributed by atoms with Crippen LogP contribution in [-0.2, 0) is 18.5 Å². The van der Waals surface area contributed by atoms with Crippen LogP contribution in [0.3, 0.4) is 0 Å². The lowest BCUT2D eigenvalue weighted by Gasteiger charge is -2.32. The number of aromatic amines is 1. The number of likely N-dealkylation sites (N-methyl/N-ethyl adjacent to an activating group) is 1. The standard InChI is InChI=1S/C24H24ClF3N4O2S/c1-31-8-10-32(11-9-31)14-17-13-29-23(30-22(17)33)35-15-16-2-4-18(5-3-16)34-19-6-7-21(25)20(12-19)24(26,27)28/h2-7,12-13H,8-11,14-15H2,1H3,(H,29,30,33). The molecule has 1 aromatic heterocycles. The van der Waals surface area contributed by atoms with E-state index in [-0.39, 0.29) is 16.3 Å². The molecular formula is C24H24ClF3N4O2S. The maximum absolute atomic E-state index is 13.0. The number of benzene rings is 2. The van der Waals surface area contributed by atoms with Crippen molar-refractivity contribution < 1.29 is 17.9 Å². The van der Waals surface area contributed by atoms with Gasteiger partial charge in [0.1, 0.15) is 11.5 Å². The fraction of sp³-hybridized carbons (Fsp3) is 0.333. The fourth-order valence-electron chi connectivity index (χ4n) is 3.57.